The molecule has 0 saturated heterocycles. The first-order valence-electron chi connectivity index (χ1n) is 23.2. The number of thiophene rings is 2. The van der Waals surface area contributed by atoms with Gasteiger partial charge in [0, 0.05) is 78.7 Å². The van der Waals surface area contributed by atoms with Crippen LogP contribution in [0, 0.1) is 0 Å². The van der Waals surface area contributed by atoms with Crippen LogP contribution in [0.15, 0.2) is 206 Å². The van der Waals surface area contributed by atoms with Gasteiger partial charge in [-0.1, -0.05) is 129 Å². The Bertz CT molecular complexity index is 4410. The molecule has 14 aromatic rings. The molecule has 0 bridgehead atoms. The van der Waals surface area contributed by atoms with E-state index in [1.165, 1.54) is 140 Å². The number of hydrogen-bond acceptors (Lipinski definition) is 2. The topological polar surface area (TPSA) is 9.86 Å². The minimum absolute atomic E-state index is 0.0836. The third kappa shape index (κ3) is 5.25. The first-order valence-corrected chi connectivity index (χ1v) is 24.8. The van der Waals surface area contributed by atoms with E-state index in [2.05, 4.69) is 229 Å². The fraction of sp³-hybridized carbons (Fsp3) is 0.0476. The van der Waals surface area contributed by atoms with Crippen molar-refractivity contribution in [2.45, 2.75) is 19.3 Å². The first-order chi connectivity index (χ1) is 33.0. The van der Waals surface area contributed by atoms with Crippen molar-refractivity contribution < 1.29 is 0 Å². The number of rotatable bonds is 4. The zero-order valence-electron chi connectivity index (χ0n) is 36.8. The van der Waals surface area contributed by atoms with E-state index in [-0.39, 0.29) is 5.41 Å². The molecule has 0 atom stereocenters. The molecule has 15 rings (SSSR count). The standard InChI is InChI=1S/C63H40N2S2/c1-63(2)52-21-11-9-18-43(52)46-33-48-47-30-37(25-28-54(47)64(57(48)36-53(46)63)40-14-5-3-6-15-40)38-26-29-59-51(31-38)62-42(20-13-23-60(62)66-59)39-24-27-44-49-35-61-50(45-19-10-12-22-58(45)67-61)34-56(49)65(55(44)32-39)41-16-7-4-8-17-41/h3-36H,1-2H3. The zero-order valence-corrected chi connectivity index (χ0v) is 38.5. The lowest BCUT2D eigenvalue weighted by atomic mass is 9.82. The van der Waals surface area contributed by atoms with Gasteiger partial charge in [0.15, 0.2) is 0 Å². The van der Waals surface area contributed by atoms with Gasteiger partial charge < -0.3 is 9.13 Å². The van der Waals surface area contributed by atoms with Crippen molar-refractivity contribution in [2.75, 3.05) is 0 Å². The van der Waals surface area contributed by atoms with Crippen molar-refractivity contribution in [2.24, 2.45) is 0 Å². The molecule has 0 fully saturated rings. The van der Waals surface area contributed by atoms with E-state index < -0.39 is 0 Å². The van der Waals surface area contributed by atoms with Crippen molar-refractivity contribution in [3.8, 4) is 44.8 Å². The maximum Gasteiger partial charge on any atom is 0.0548 e. The smallest absolute Gasteiger partial charge is 0.0548 e. The van der Waals surface area contributed by atoms with Gasteiger partial charge in [-0.25, -0.2) is 0 Å². The van der Waals surface area contributed by atoms with Crippen LogP contribution in [-0.4, -0.2) is 9.13 Å². The molecule has 2 nitrogen and oxygen atoms in total. The molecule has 4 heterocycles. The summed E-state index contributed by atoms with van der Waals surface area (Å²) < 4.78 is 10.2. The van der Waals surface area contributed by atoms with Gasteiger partial charge in [-0.2, -0.15) is 0 Å². The second-order valence-corrected chi connectivity index (χ2v) is 21.0. The van der Waals surface area contributed by atoms with Crippen molar-refractivity contribution in [3.05, 3.63) is 217 Å². The van der Waals surface area contributed by atoms with Gasteiger partial charge in [-0.15, -0.1) is 22.7 Å². The van der Waals surface area contributed by atoms with Gasteiger partial charge in [-0.3, -0.25) is 0 Å². The molecular formula is C63H40N2S2. The van der Waals surface area contributed by atoms with Crippen LogP contribution in [0.5, 0.6) is 0 Å². The summed E-state index contributed by atoms with van der Waals surface area (Å²) in [6, 6.07) is 77.5. The van der Waals surface area contributed by atoms with Crippen molar-refractivity contribution >= 4 is 107 Å². The van der Waals surface area contributed by atoms with Crippen molar-refractivity contribution in [3.63, 3.8) is 0 Å². The Morgan fingerprint density at radius 1 is 0.313 bits per heavy atom. The highest BCUT2D eigenvalue weighted by molar-refractivity contribution is 7.26. The highest BCUT2D eigenvalue weighted by Gasteiger charge is 2.36. The highest BCUT2D eigenvalue weighted by Crippen LogP contribution is 2.52. The SMILES string of the molecule is CC1(C)c2ccccc2-c2cc3c4cc(-c5ccc6sc7cccc(-c8ccc9c%10cc%11sc%12ccccc%12c%11cc%10n(-c%10ccccc%10)c9c8)c7c6c5)ccc4n(-c4ccccc4)c3cc21. The van der Waals surface area contributed by atoms with Gasteiger partial charge in [0.25, 0.3) is 0 Å². The summed E-state index contributed by atoms with van der Waals surface area (Å²) in [6.07, 6.45) is 0. The van der Waals surface area contributed by atoms with E-state index >= 15 is 0 Å². The first kappa shape index (κ1) is 37.5. The second-order valence-electron chi connectivity index (χ2n) is 18.8. The molecule has 1 aliphatic carbocycles. The number of nitrogens with zero attached hydrogens (tertiary/aromatic N) is 2. The van der Waals surface area contributed by atoms with E-state index in [9.17, 15) is 0 Å². The molecule has 1 aliphatic rings. The third-order valence-electron chi connectivity index (χ3n) is 14.9. The highest BCUT2D eigenvalue weighted by atomic mass is 32.1. The van der Waals surface area contributed by atoms with Gasteiger partial charge in [0.1, 0.15) is 0 Å². The Balaban J connectivity index is 0.921. The van der Waals surface area contributed by atoms with Crippen LogP contribution < -0.4 is 0 Å². The third-order valence-corrected chi connectivity index (χ3v) is 17.2. The number of para-hydroxylation sites is 2. The molecule has 0 radical (unpaired) electrons. The Labute approximate surface area is 394 Å². The van der Waals surface area contributed by atoms with Crippen LogP contribution in [0.4, 0.5) is 0 Å². The van der Waals surface area contributed by atoms with Gasteiger partial charge in [0.05, 0.1) is 22.1 Å². The Morgan fingerprint density at radius 3 is 1.75 bits per heavy atom. The van der Waals surface area contributed by atoms with Crippen molar-refractivity contribution in [1.29, 1.82) is 0 Å². The van der Waals surface area contributed by atoms with E-state index in [0.717, 1.165) is 0 Å². The largest absolute Gasteiger partial charge is 0.309 e. The normalized spacial score (nSPS) is 13.3. The summed E-state index contributed by atoms with van der Waals surface area (Å²) in [5.41, 5.74) is 17.6. The molecule has 0 unspecified atom stereocenters. The predicted molar refractivity (Wildman–Crippen MR) is 289 cm³/mol. The molecule has 0 saturated carbocycles. The van der Waals surface area contributed by atoms with Gasteiger partial charge in [0.2, 0.25) is 0 Å². The van der Waals surface area contributed by atoms with E-state index in [0.29, 0.717) is 0 Å². The van der Waals surface area contributed by atoms with E-state index in [1.54, 1.807) is 0 Å². The summed E-state index contributed by atoms with van der Waals surface area (Å²) in [7, 11) is 0. The number of fused-ring (bicyclic) bond motifs is 15. The molecule has 4 aromatic heterocycles. The lowest BCUT2D eigenvalue weighted by Crippen LogP contribution is -2.14. The van der Waals surface area contributed by atoms with Crippen LogP contribution in [0.25, 0.3) is 129 Å². The minimum Gasteiger partial charge on any atom is -0.309 e. The number of hydrogen-bond donors (Lipinski definition) is 0. The van der Waals surface area contributed by atoms with Crippen molar-refractivity contribution in [1.82, 2.24) is 9.13 Å². The molecule has 314 valence electrons. The minimum atomic E-state index is -0.0836. The van der Waals surface area contributed by atoms with Gasteiger partial charge >= 0.3 is 0 Å². The second kappa shape index (κ2) is 13.6. The molecule has 10 aromatic carbocycles. The average molecular weight is 889 g/mol. The van der Waals surface area contributed by atoms with Gasteiger partial charge in [-0.05, 0) is 136 Å². The lowest BCUT2D eigenvalue weighted by molar-refractivity contribution is 0.661. The Kier molecular flexibility index (Phi) is 7.63. The van der Waals surface area contributed by atoms with Crippen LogP contribution in [-0.2, 0) is 5.41 Å². The quantitative estimate of drug-likeness (QED) is 0.167. The zero-order chi connectivity index (χ0) is 44.1. The molecule has 0 amide bonds. The van der Waals surface area contributed by atoms with Crippen LogP contribution in [0.2, 0.25) is 0 Å². The van der Waals surface area contributed by atoms with Crippen LogP contribution >= 0.6 is 22.7 Å². The monoisotopic (exact) mass is 888 g/mol. The molecule has 0 spiro atoms. The molecular weight excluding hydrogens is 849 g/mol. The maximum absolute atomic E-state index is 2.48. The Hall–Kier alpha value is -7.76. The average Bonchev–Trinajstić information content (AvgIpc) is 4.16. The predicted octanol–water partition coefficient (Wildman–Crippen LogP) is 18.3. The summed E-state index contributed by atoms with van der Waals surface area (Å²) in [5.74, 6) is 0. The molecule has 0 aliphatic heterocycles. The number of benzene rings is 10. The summed E-state index contributed by atoms with van der Waals surface area (Å²) in [6.45, 7) is 4.75. The van der Waals surface area contributed by atoms with E-state index in [4.69, 9.17) is 0 Å². The summed E-state index contributed by atoms with van der Waals surface area (Å²) in [4.78, 5) is 0. The van der Waals surface area contributed by atoms with E-state index in [1.807, 2.05) is 22.7 Å². The lowest BCUT2D eigenvalue weighted by Gasteiger charge is -2.21. The summed E-state index contributed by atoms with van der Waals surface area (Å²) in [5, 5.41) is 10.4. The molecule has 0 N–H and O–H groups in total. The fourth-order valence-electron chi connectivity index (χ4n) is 11.8. The van der Waals surface area contributed by atoms with Crippen LogP contribution in [0.3, 0.4) is 0 Å². The molecule has 67 heavy (non-hydrogen) atoms. The van der Waals surface area contributed by atoms with Crippen LogP contribution in [0.1, 0.15) is 25.0 Å². The summed E-state index contributed by atoms with van der Waals surface area (Å²) >= 11 is 3.77. The fourth-order valence-corrected chi connectivity index (χ4v) is 14.0. The molecule has 4 heteroatoms. The maximum atomic E-state index is 2.48. The Morgan fingerprint density at radius 2 is 0.910 bits per heavy atom. The number of aromatic nitrogens is 2.